The molecule has 3 aromatic rings. The molecule has 0 aliphatic rings. The fraction of sp³-hybridized carbons (Fsp3) is 0.111. The number of benzene rings is 2. The summed E-state index contributed by atoms with van der Waals surface area (Å²) >= 11 is 6.38. The summed E-state index contributed by atoms with van der Waals surface area (Å²) in [5, 5.41) is 15.5. The molecule has 0 saturated heterocycles. The number of nitro groups is 1. The van der Waals surface area contributed by atoms with Gasteiger partial charge in [0.15, 0.2) is 0 Å². The highest BCUT2D eigenvalue weighted by molar-refractivity contribution is 6.30. The van der Waals surface area contributed by atoms with Gasteiger partial charge < -0.3 is 4.74 Å². The first-order valence-electron chi connectivity index (χ1n) is 7.68. The summed E-state index contributed by atoms with van der Waals surface area (Å²) < 4.78 is 6.82. The molecule has 0 saturated carbocycles. The van der Waals surface area contributed by atoms with Gasteiger partial charge in [0, 0.05) is 17.7 Å². The van der Waals surface area contributed by atoms with E-state index in [1.807, 2.05) is 30.3 Å². The topological polar surface area (TPSA) is 87.3 Å². The van der Waals surface area contributed by atoms with Crippen LogP contribution in [0.5, 0.6) is 0 Å². The Balaban J connectivity index is 1.78. The first-order valence-corrected chi connectivity index (χ1v) is 8.06. The van der Waals surface area contributed by atoms with Crippen LogP contribution in [0.3, 0.4) is 0 Å². The number of hydrogen-bond donors (Lipinski definition) is 0. The molecule has 0 N–H and O–H groups in total. The Morgan fingerprint density at radius 3 is 2.65 bits per heavy atom. The number of nitro benzene ring substituents is 1. The zero-order valence-corrected chi connectivity index (χ0v) is 14.5. The minimum atomic E-state index is -0.670. The molecule has 0 bridgehead atoms. The maximum atomic E-state index is 12.2. The van der Waals surface area contributed by atoms with E-state index < -0.39 is 10.9 Å². The average molecular weight is 372 g/mol. The summed E-state index contributed by atoms with van der Waals surface area (Å²) in [5.41, 5.74) is 1.92. The Kier molecular flexibility index (Phi) is 4.99. The van der Waals surface area contributed by atoms with Crippen molar-refractivity contribution in [2.45, 2.75) is 13.5 Å². The average Bonchev–Trinajstić information content (AvgIpc) is 2.94. The van der Waals surface area contributed by atoms with Crippen molar-refractivity contribution in [3.8, 4) is 5.69 Å². The van der Waals surface area contributed by atoms with Gasteiger partial charge >= 0.3 is 5.97 Å². The lowest BCUT2D eigenvalue weighted by Gasteiger charge is -2.06. The molecule has 2 aromatic carbocycles. The molecular weight excluding hydrogens is 358 g/mol. The van der Waals surface area contributed by atoms with Gasteiger partial charge in [0.25, 0.3) is 5.69 Å². The number of non-ortho nitro benzene ring substituents is 1. The van der Waals surface area contributed by atoms with Gasteiger partial charge in [-0.05, 0) is 25.1 Å². The Hall–Kier alpha value is -3.19. The highest BCUT2D eigenvalue weighted by Gasteiger charge is 2.18. The number of para-hydroxylation sites is 1. The van der Waals surface area contributed by atoms with Crippen LogP contribution in [0.4, 0.5) is 5.69 Å². The second kappa shape index (κ2) is 7.37. The van der Waals surface area contributed by atoms with Gasteiger partial charge in [0.1, 0.15) is 11.8 Å². The molecule has 26 heavy (non-hydrogen) atoms. The molecule has 0 aliphatic carbocycles. The van der Waals surface area contributed by atoms with E-state index >= 15 is 0 Å². The first kappa shape index (κ1) is 17.6. The van der Waals surface area contributed by atoms with Gasteiger partial charge in [0.2, 0.25) is 0 Å². The lowest BCUT2D eigenvalue weighted by Crippen LogP contribution is -2.06. The van der Waals surface area contributed by atoms with Crippen molar-refractivity contribution in [3.05, 3.63) is 86.7 Å². The van der Waals surface area contributed by atoms with Crippen molar-refractivity contribution in [1.82, 2.24) is 9.78 Å². The van der Waals surface area contributed by atoms with E-state index in [0.717, 1.165) is 5.69 Å². The standard InChI is InChI=1S/C18H14ClN3O4/c1-12-16(17(19)21(20-12)14-7-3-2-4-8-14)11-26-18(23)13-6-5-9-15(10-13)22(24)25/h2-10H,11H2,1H3. The molecule has 0 unspecified atom stereocenters. The van der Waals surface area contributed by atoms with Gasteiger partial charge in [-0.3, -0.25) is 10.1 Å². The Bertz CT molecular complexity index is 970. The SMILES string of the molecule is Cc1nn(-c2ccccc2)c(Cl)c1COC(=O)c1cccc([N+](=O)[O-])c1. The Morgan fingerprint density at radius 1 is 1.23 bits per heavy atom. The second-order valence-corrected chi connectivity index (χ2v) is 5.84. The quantitative estimate of drug-likeness (QED) is 0.383. The summed E-state index contributed by atoms with van der Waals surface area (Å²) in [6.45, 7) is 1.68. The number of halogens is 1. The van der Waals surface area contributed by atoms with Crippen molar-refractivity contribution in [2.24, 2.45) is 0 Å². The number of rotatable bonds is 5. The highest BCUT2D eigenvalue weighted by atomic mass is 35.5. The predicted molar refractivity (Wildman–Crippen MR) is 95.5 cm³/mol. The van der Waals surface area contributed by atoms with Crippen LogP contribution in [-0.2, 0) is 11.3 Å². The van der Waals surface area contributed by atoms with E-state index in [1.54, 1.807) is 11.6 Å². The summed E-state index contributed by atoms with van der Waals surface area (Å²) in [7, 11) is 0. The summed E-state index contributed by atoms with van der Waals surface area (Å²) in [5.74, 6) is -0.670. The molecule has 1 heterocycles. The number of aromatic nitrogens is 2. The number of hydrogen-bond acceptors (Lipinski definition) is 5. The van der Waals surface area contributed by atoms with Crippen molar-refractivity contribution in [2.75, 3.05) is 0 Å². The predicted octanol–water partition coefficient (Wildman–Crippen LogP) is 4.10. The minimum Gasteiger partial charge on any atom is -0.457 e. The lowest BCUT2D eigenvalue weighted by molar-refractivity contribution is -0.384. The fourth-order valence-corrected chi connectivity index (χ4v) is 2.73. The van der Waals surface area contributed by atoms with Crippen LogP contribution in [0.15, 0.2) is 54.6 Å². The summed E-state index contributed by atoms with van der Waals surface area (Å²) in [6, 6.07) is 14.7. The molecule has 0 atom stereocenters. The highest BCUT2D eigenvalue weighted by Crippen LogP contribution is 2.24. The smallest absolute Gasteiger partial charge is 0.338 e. The Morgan fingerprint density at radius 2 is 1.96 bits per heavy atom. The molecule has 132 valence electrons. The number of ether oxygens (including phenoxy) is 1. The molecule has 8 heteroatoms. The largest absolute Gasteiger partial charge is 0.457 e. The van der Waals surface area contributed by atoms with Gasteiger partial charge in [-0.15, -0.1) is 0 Å². The van der Waals surface area contributed by atoms with Crippen molar-refractivity contribution < 1.29 is 14.5 Å². The van der Waals surface area contributed by atoms with Crippen molar-refractivity contribution >= 4 is 23.3 Å². The van der Waals surface area contributed by atoms with E-state index in [9.17, 15) is 14.9 Å². The third-order valence-corrected chi connectivity index (χ3v) is 4.15. The fourth-order valence-electron chi connectivity index (χ4n) is 2.40. The van der Waals surface area contributed by atoms with Crippen LogP contribution in [0, 0.1) is 17.0 Å². The summed E-state index contributed by atoms with van der Waals surface area (Å²) in [4.78, 5) is 22.4. The van der Waals surface area contributed by atoms with Crippen LogP contribution in [-0.4, -0.2) is 20.7 Å². The lowest BCUT2D eigenvalue weighted by atomic mass is 10.2. The van der Waals surface area contributed by atoms with Gasteiger partial charge in [0.05, 0.1) is 21.9 Å². The van der Waals surface area contributed by atoms with E-state index in [-0.39, 0.29) is 17.9 Å². The van der Waals surface area contributed by atoms with Crippen molar-refractivity contribution in [1.29, 1.82) is 0 Å². The van der Waals surface area contributed by atoms with E-state index in [2.05, 4.69) is 5.10 Å². The number of carbonyl (C=O) groups is 1. The molecule has 1 aromatic heterocycles. The minimum absolute atomic E-state index is 0.0843. The second-order valence-electron chi connectivity index (χ2n) is 5.49. The zero-order valence-electron chi connectivity index (χ0n) is 13.8. The molecule has 0 fully saturated rings. The van der Waals surface area contributed by atoms with Gasteiger partial charge in [-0.2, -0.15) is 5.10 Å². The van der Waals surface area contributed by atoms with Crippen LogP contribution in [0.1, 0.15) is 21.6 Å². The van der Waals surface area contributed by atoms with E-state index in [1.165, 1.54) is 24.3 Å². The number of carbonyl (C=O) groups excluding carboxylic acids is 1. The van der Waals surface area contributed by atoms with Crippen LogP contribution < -0.4 is 0 Å². The number of nitrogens with zero attached hydrogens (tertiary/aromatic N) is 3. The van der Waals surface area contributed by atoms with Gasteiger partial charge in [-0.25, -0.2) is 9.48 Å². The van der Waals surface area contributed by atoms with Crippen LogP contribution >= 0.6 is 11.6 Å². The van der Waals surface area contributed by atoms with Crippen LogP contribution in [0.2, 0.25) is 5.15 Å². The van der Waals surface area contributed by atoms with Gasteiger partial charge in [-0.1, -0.05) is 35.9 Å². The van der Waals surface area contributed by atoms with E-state index in [4.69, 9.17) is 16.3 Å². The third kappa shape index (κ3) is 3.57. The van der Waals surface area contributed by atoms with E-state index in [0.29, 0.717) is 16.4 Å². The molecule has 7 nitrogen and oxygen atoms in total. The van der Waals surface area contributed by atoms with Crippen LogP contribution in [0.25, 0.3) is 5.69 Å². The number of esters is 1. The molecule has 0 spiro atoms. The molecular formula is C18H14ClN3O4. The monoisotopic (exact) mass is 371 g/mol. The molecule has 0 amide bonds. The molecule has 0 aliphatic heterocycles. The normalized spacial score (nSPS) is 10.5. The third-order valence-electron chi connectivity index (χ3n) is 3.76. The summed E-state index contributed by atoms with van der Waals surface area (Å²) in [6.07, 6.45) is 0. The maximum Gasteiger partial charge on any atom is 0.338 e. The zero-order chi connectivity index (χ0) is 18.7. The Labute approximate surface area is 153 Å². The maximum absolute atomic E-state index is 12.2. The number of aryl methyl sites for hydroxylation is 1. The van der Waals surface area contributed by atoms with Crippen molar-refractivity contribution in [3.63, 3.8) is 0 Å². The first-order chi connectivity index (χ1) is 12.5. The molecule has 0 radical (unpaired) electrons. The molecule has 3 rings (SSSR count).